The van der Waals surface area contributed by atoms with E-state index in [1.165, 1.54) is 6.42 Å². The Labute approximate surface area is 117 Å². The Hall–Kier alpha value is -1.09. The zero-order valence-corrected chi connectivity index (χ0v) is 12.2. The van der Waals surface area contributed by atoms with Gasteiger partial charge in [-0.25, -0.2) is 0 Å². The molecule has 0 radical (unpaired) electrons. The van der Waals surface area contributed by atoms with Crippen LogP contribution in [0.5, 0.6) is 0 Å². The van der Waals surface area contributed by atoms with Crippen molar-refractivity contribution in [1.82, 2.24) is 4.90 Å². The van der Waals surface area contributed by atoms with Crippen LogP contribution in [0.4, 0.5) is 0 Å². The van der Waals surface area contributed by atoms with E-state index in [1.54, 1.807) is 6.08 Å². The smallest absolute Gasteiger partial charge is 0.246 e. The summed E-state index contributed by atoms with van der Waals surface area (Å²) in [6.45, 7) is 3.99. The zero-order valence-electron chi connectivity index (χ0n) is 10.6. The summed E-state index contributed by atoms with van der Waals surface area (Å²) in [5, 5.41) is 0. The van der Waals surface area contributed by atoms with Crippen LogP contribution >= 0.6 is 15.9 Å². The number of benzene rings is 1. The summed E-state index contributed by atoms with van der Waals surface area (Å²) in [6, 6.07) is 7.91. The fourth-order valence-corrected chi connectivity index (χ4v) is 2.68. The summed E-state index contributed by atoms with van der Waals surface area (Å²) in [5.74, 6) is 0.747. The molecule has 1 saturated heterocycles. The first kappa shape index (κ1) is 13.3. The minimum absolute atomic E-state index is 0.123. The van der Waals surface area contributed by atoms with E-state index in [-0.39, 0.29) is 5.91 Å². The van der Waals surface area contributed by atoms with Crippen molar-refractivity contribution in [1.29, 1.82) is 0 Å². The molecule has 3 heteroatoms. The molecular formula is C15H18BrNO. The number of rotatable bonds is 2. The average molecular weight is 308 g/mol. The van der Waals surface area contributed by atoms with Gasteiger partial charge >= 0.3 is 0 Å². The van der Waals surface area contributed by atoms with Crippen molar-refractivity contribution < 1.29 is 4.79 Å². The lowest BCUT2D eigenvalue weighted by Crippen LogP contribution is -2.38. The summed E-state index contributed by atoms with van der Waals surface area (Å²) >= 11 is 3.48. The third kappa shape index (κ3) is 3.45. The van der Waals surface area contributed by atoms with Crippen LogP contribution in [-0.4, -0.2) is 23.9 Å². The molecule has 1 amide bonds. The van der Waals surface area contributed by atoms with E-state index in [0.29, 0.717) is 5.92 Å². The molecule has 0 bridgehead atoms. The van der Waals surface area contributed by atoms with Gasteiger partial charge in [-0.05, 0) is 36.5 Å². The maximum atomic E-state index is 12.1. The SMILES string of the molecule is CC1CCCN(C(=O)/C=C/c2ccccc2Br)C1. The molecule has 1 aliphatic heterocycles. The van der Waals surface area contributed by atoms with Crippen molar-refractivity contribution in [2.24, 2.45) is 5.92 Å². The predicted molar refractivity (Wildman–Crippen MR) is 78.2 cm³/mol. The highest BCUT2D eigenvalue weighted by Crippen LogP contribution is 2.18. The first-order valence-corrected chi connectivity index (χ1v) is 7.17. The van der Waals surface area contributed by atoms with E-state index in [1.807, 2.05) is 35.2 Å². The second-order valence-corrected chi connectivity index (χ2v) is 5.74. The summed E-state index contributed by atoms with van der Waals surface area (Å²) < 4.78 is 1.01. The number of nitrogens with zero attached hydrogens (tertiary/aromatic N) is 1. The van der Waals surface area contributed by atoms with E-state index in [0.717, 1.165) is 29.5 Å². The Kier molecular flexibility index (Phi) is 4.59. The van der Waals surface area contributed by atoms with E-state index in [4.69, 9.17) is 0 Å². The molecule has 18 heavy (non-hydrogen) atoms. The van der Waals surface area contributed by atoms with Crippen LogP contribution in [0.1, 0.15) is 25.3 Å². The van der Waals surface area contributed by atoms with E-state index < -0.39 is 0 Å². The molecular weight excluding hydrogens is 290 g/mol. The fraction of sp³-hybridized carbons (Fsp3) is 0.400. The molecule has 1 aromatic rings. The van der Waals surface area contributed by atoms with E-state index >= 15 is 0 Å². The van der Waals surface area contributed by atoms with Gasteiger partial charge in [0.2, 0.25) is 5.91 Å². The number of amides is 1. The minimum Gasteiger partial charge on any atom is -0.339 e. The van der Waals surface area contributed by atoms with Crippen molar-refractivity contribution >= 4 is 27.9 Å². The van der Waals surface area contributed by atoms with Gasteiger partial charge in [-0.1, -0.05) is 41.1 Å². The van der Waals surface area contributed by atoms with Crippen molar-refractivity contribution in [2.45, 2.75) is 19.8 Å². The summed E-state index contributed by atoms with van der Waals surface area (Å²) in [4.78, 5) is 14.0. The number of carbonyl (C=O) groups excluding carboxylic acids is 1. The first-order chi connectivity index (χ1) is 8.66. The highest BCUT2D eigenvalue weighted by atomic mass is 79.9. The lowest BCUT2D eigenvalue weighted by Gasteiger charge is -2.30. The molecule has 1 aromatic carbocycles. The first-order valence-electron chi connectivity index (χ1n) is 6.38. The predicted octanol–water partition coefficient (Wildman–Crippen LogP) is 3.72. The summed E-state index contributed by atoms with van der Waals surface area (Å²) in [5.41, 5.74) is 1.04. The van der Waals surface area contributed by atoms with E-state index in [2.05, 4.69) is 22.9 Å². The van der Waals surface area contributed by atoms with Gasteiger partial charge in [-0.15, -0.1) is 0 Å². The lowest BCUT2D eigenvalue weighted by molar-refractivity contribution is -0.127. The van der Waals surface area contributed by atoms with Crippen LogP contribution in [0.2, 0.25) is 0 Å². The Bertz CT molecular complexity index is 456. The number of halogens is 1. The standard InChI is InChI=1S/C15H18BrNO/c1-12-5-4-10-17(11-12)15(18)9-8-13-6-2-3-7-14(13)16/h2-3,6-9,12H,4-5,10-11H2,1H3/b9-8+. The number of hydrogen-bond donors (Lipinski definition) is 0. The Morgan fingerprint density at radius 1 is 1.44 bits per heavy atom. The molecule has 96 valence electrons. The largest absolute Gasteiger partial charge is 0.339 e. The Morgan fingerprint density at radius 2 is 2.22 bits per heavy atom. The number of carbonyl (C=O) groups is 1. The highest BCUT2D eigenvalue weighted by Gasteiger charge is 2.18. The van der Waals surface area contributed by atoms with Crippen LogP contribution in [0.3, 0.4) is 0 Å². The highest BCUT2D eigenvalue weighted by molar-refractivity contribution is 9.10. The molecule has 2 nitrogen and oxygen atoms in total. The normalized spacial score (nSPS) is 20.3. The number of piperidine rings is 1. The van der Waals surface area contributed by atoms with Crippen LogP contribution in [0, 0.1) is 5.92 Å². The van der Waals surface area contributed by atoms with Crippen LogP contribution in [0.25, 0.3) is 6.08 Å². The molecule has 0 N–H and O–H groups in total. The second kappa shape index (κ2) is 6.19. The van der Waals surface area contributed by atoms with Gasteiger partial charge in [0.15, 0.2) is 0 Å². The van der Waals surface area contributed by atoms with Crippen molar-refractivity contribution in [2.75, 3.05) is 13.1 Å². The molecule has 1 heterocycles. The average Bonchev–Trinajstić information content (AvgIpc) is 2.37. The van der Waals surface area contributed by atoms with Gasteiger partial charge in [0.1, 0.15) is 0 Å². The molecule has 0 aliphatic carbocycles. The number of hydrogen-bond acceptors (Lipinski definition) is 1. The Morgan fingerprint density at radius 3 is 2.94 bits per heavy atom. The summed E-state index contributed by atoms with van der Waals surface area (Å²) in [6.07, 6.45) is 5.91. The fourth-order valence-electron chi connectivity index (χ4n) is 2.27. The van der Waals surface area contributed by atoms with Crippen LogP contribution < -0.4 is 0 Å². The molecule has 0 aromatic heterocycles. The van der Waals surface area contributed by atoms with Gasteiger partial charge in [-0.2, -0.15) is 0 Å². The summed E-state index contributed by atoms with van der Waals surface area (Å²) in [7, 11) is 0. The quantitative estimate of drug-likeness (QED) is 0.763. The van der Waals surface area contributed by atoms with Crippen molar-refractivity contribution in [3.8, 4) is 0 Å². The topological polar surface area (TPSA) is 20.3 Å². The van der Waals surface area contributed by atoms with Crippen molar-refractivity contribution in [3.05, 3.63) is 40.4 Å². The Balaban J connectivity index is 2.01. The molecule has 2 rings (SSSR count). The third-order valence-electron chi connectivity index (χ3n) is 3.28. The van der Waals surface area contributed by atoms with Crippen LogP contribution in [-0.2, 0) is 4.79 Å². The van der Waals surface area contributed by atoms with Gasteiger partial charge in [0, 0.05) is 23.6 Å². The molecule has 1 fully saturated rings. The molecule has 1 unspecified atom stereocenters. The molecule has 1 atom stereocenters. The second-order valence-electron chi connectivity index (χ2n) is 4.89. The maximum absolute atomic E-state index is 12.1. The van der Waals surface area contributed by atoms with E-state index in [9.17, 15) is 4.79 Å². The minimum atomic E-state index is 0.123. The zero-order chi connectivity index (χ0) is 13.0. The maximum Gasteiger partial charge on any atom is 0.246 e. The lowest BCUT2D eigenvalue weighted by atomic mass is 10.0. The van der Waals surface area contributed by atoms with Crippen molar-refractivity contribution in [3.63, 3.8) is 0 Å². The third-order valence-corrected chi connectivity index (χ3v) is 4.00. The molecule has 0 saturated carbocycles. The van der Waals surface area contributed by atoms with Gasteiger partial charge in [0.25, 0.3) is 0 Å². The van der Waals surface area contributed by atoms with Crippen LogP contribution in [0.15, 0.2) is 34.8 Å². The van der Waals surface area contributed by atoms with Gasteiger partial charge in [-0.3, -0.25) is 4.79 Å². The van der Waals surface area contributed by atoms with Gasteiger partial charge in [0.05, 0.1) is 0 Å². The monoisotopic (exact) mass is 307 g/mol. The molecule has 1 aliphatic rings. The van der Waals surface area contributed by atoms with Gasteiger partial charge < -0.3 is 4.90 Å². The molecule has 0 spiro atoms. The number of likely N-dealkylation sites (tertiary alicyclic amines) is 1.